The van der Waals surface area contributed by atoms with Crippen LogP contribution in [0.25, 0.3) is 0 Å². The van der Waals surface area contributed by atoms with E-state index in [4.69, 9.17) is 5.73 Å². The Morgan fingerprint density at radius 2 is 2.05 bits per heavy atom. The summed E-state index contributed by atoms with van der Waals surface area (Å²) in [5.41, 5.74) is 7.22. The quantitative estimate of drug-likeness (QED) is 0.790. The first kappa shape index (κ1) is 14.9. The number of nitrogens with one attached hydrogen (secondary N) is 1. The number of anilines is 2. The molecule has 0 heterocycles. The van der Waals surface area contributed by atoms with Gasteiger partial charge in [0.25, 0.3) is 0 Å². The van der Waals surface area contributed by atoms with Crippen LogP contribution in [-0.4, -0.2) is 5.91 Å². The lowest BCUT2D eigenvalue weighted by Gasteiger charge is -2.27. The molecule has 1 amide bonds. The summed E-state index contributed by atoms with van der Waals surface area (Å²) >= 11 is 0. The Kier molecular flexibility index (Phi) is 5.45. The van der Waals surface area contributed by atoms with E-state index in [-0.39, 0.29) is 11.8 Å². The molecule has 0 saturated heterocycles. The highest BCUT2D eigenvalue weighted by molar-refractivity contribution is 5.92. The van der Waals surface area contributed by atoms with Crippen LogP contribution in [0.2, 0.25) is 0 Å². The fraction of sp³-hybridized carbons (Fsp3) is 0.588. The van der Waals surface area contributed by atoms with E-state index < -0.39 is 0 Å². The van der Waals surface area contributed by atoms with Crippen LogP contribution >= 0.6 is 0 Å². The van der Waals surface area contributed by atoms with Crippen LogP contribution in [0, 0.1) is 11.8 Å². The van der Waals surface area contributed by atoms with Crippen LogP contribution < -0.4 is 11.1 Å². The van der Waals surface area contributed by atoms with E-state index in [1.807, 2.05) is 24.3 Å². The molecule has 1 aromatic rings. The molecule has 0 spiro atoms. The van der Waals surface area contributed by atoms with E-state index in [1.54, 1.807) is 0 Å². The second kappa shape index (κ2) is 7.32. The molecule has 0 radical (unpaired) electrons. The van der Waals surface area contributed by atoms with E-state index in [9.17, 15) is 4.79 Å². The minimum absolute atomic E-state index is 0.157. The molecule has 0 unspecified atom stereocenters. The van der Waals surface area contributed by atoms with E-state index >= 15 is 0 Å². The Bertz CT molecular complexity index is 436. The third-order valence-corrected chi connectivity index (χ3v) is 4.34. The van der Waals surface area contributed by atoms with Crippen molar-refractivity contribution in [1.82, 2.24) is 0 Å². The van der Waals surface area contributed by atoms with E-state index in [0.29, 0.717) is 5.69 Å². The molecule has 0 aromatic heterocycles. The first-order valence-electron chi connectivity index (χ1n) is 7.85. The first-order valence-corrected chi connectivity index (χ1v) is 7.85. The Labute approximate surface area is 121 Å². The minimum Gasteiger partial charge on any atom is -0.399 e. The standard InChI is InChI=1S/C17H26N2O/c1-2-3-5-13-8-10-14(11-9-13)17(20)19-16-7-4-6-15(18)12-16/h4,6-7,12-14H,2-3,5,8-11,18H2,1H3,(H,19,20). The summed E-state index contributed by atoms with van der Waals surface area (Å²) < 4.78 is 0. The molecule has 2 rings (SSSR count). The van der Waals surface area contributed by atoms with Gasteiger partial charge in [-0.05, 0) is 49.8 Å². The van der Waals surface area contributed by atoms with Gasteiger partial charge in [0, 0.05) is 17.3 Å². The summed E-state index contributed by atoms with van der Waals surface area (Å²) in [4.78, 5) is 12.2. The average Bonchev–Trinajstić information content (AvgIpc) is 2.45. The number of hydrogen-bond donors (Lipinski definition) is 2. The monoisotopic (exact) mass is 274 g/mol. The fourth-order valence-electron chi connectivity index (χ4n) is 3.07. The summed E-state index contributed by atoms with van der Waals surface area (Å²) in [6, 6.07) is 7.40. The minimum atomic E-state index is 0.157. The van der Waals surface area contributed by atoms with Crippen molar-refractivity contribution in [3.8, 4) is 0 Å². The van der Waals surface area contributed by atoms with Gasteiger partial charge in [-0.1, -0.05) is 32.3 Å². The van der Waals surface area contributed by atoms with Crippen LogP contribution in [0.1, 0.15) is 51.9 Å². The number of nitrogens with two attached hydrogens (primary N) is 1. The van der Waals surface area contributed by atoms with Gasteiger partial charge in [0.2, 0.25) is 5.91 Å². The second-order valence-electron chi connectivity index (χ2n) is 5.97. The molecule has 1 fully saturated rings. The molecule has 0 atom stereocenters. The van der Waals surface area contributed by atoms with Crippen LogP contribution in [0.5, 0.6) is 0 Å². The van der Waals surface area contributed by atoms with Crippen molar-refractivity contribution in [3.05, 3.63) is 24.3 Å². The highest BCUT2D eigenvalue weighted by Crippen LogP contribution is 2.32. The number of unbranched alkanes of at least 4 members (excludes halogenated alkanes) is 1. The summed E-state index contributed by atoms with van der Waals surface area (Å²) in [6.45, 7) is 2.24. The zero-order valence-electron chi connectivity index (χ0n) is 12.4. The fourth-order valence-corrected chi connectivity index (χ4v) is 3.07. The molecular weight excluding hydrogens is 248 g/mol. The maximum atomic E-state index is 12.2. The number of carbonyl (C=O) groups excluding carboxylic acids is 1. The number of benzene rings is 1. The van der Waals surface area contributed by atoms with Crippen LogP contribution in [0.3, 0.4) is 0 Å². The molecule has 0 bridgehead atoms. The predicted molar refractivity (Wildman–Crippen MR) is 84.5 cm³/mol. The smallest absolute Gasteiger partial charge is 0.227 e. The molecule has 20 heavy (non-hydrogen) atoms. The molecule has 1 aromatic carbocycles. The highest BCUT2D eigenvalue weighted by Gasteiger charge is 2.25. The Morgan fingerprint density at radius 3 is 2.70 bits per heavy atom. The van der Waals surface area contributed by atoms with Crippen molar-refractivity contribution < 1.29 is 4.79 Å². The Balaban J connectivity index is 1.80. The maximum Gasteiger partial charge on any atom is 0.227 e. The molecule has 110 valence electrons. The van der Waals surface area contributed by atoms with Crippen LogP contribution in [-0.2, 0) is 4.79 Å². The van der Waals surface area contributed by atoms with E-state index in [2.05, 4.69) is 12.2 Å². The van der Waals surface area contributed by atoms with Gasteiger partial charge in [-0.15, -0.1) is 0 Å². The van der Waals surface area contributed by atoms with Gasteiger partial charge in [-0.2, -0.15) is 0 Å². The molecule has 3 N–H and O–H groups in total. The molecule has 1 saturated carbocycles. The topological polar surface area (TPSA) is 55.1 Å². The Hall–Kier alpha value is -1.51. The second-order valence-corrected chi connectivity index (χ2v) is 5.97. The van der Waals surface area contributed by atoms with Gasteiger partial charge in [0.05, 0.1) is 0 Å². The summed E-state index contributed by atoms with van der Waals surface area (Å²) in [5, 5.41) is 2.99. The molecule has 3 nitrogen and oxygen atoms in total. The number of nitrogen functional groups attached to an aromatic ring is 1. The number of hydrogen-bond acceptors (Lipinski definition) is 2. The lowest BCUT2D eigenvalue weighted by Crippen LogP contribution is -2.27. The molecule has 3 heteroatoms. The van der Waals surface area contributed by atoms with Gasteiger partial charge < -0.3 is 11.1 Å². The van der Waals surface area contributed by atoms with Crippen molar-refractivity contribution >= 4 is 17.3 Å². The number of carbonyl (C=O) groups is 1. The SMILES string of the molecule is CCCCC1CCC(C(=O)Nc2cccc(N)c2)CC1. The van der Waals surface area contributed by atoms with Crippen molar-refractivity contribution in [2.75, 3.05) is 11.1 Å². The summed E-state index contributed by atoms with van der Waals surface area (Å²) in [6.07, 6.45) is 8.40. The number of rotatable bonds is 5. The van der Waals surface area contributed by atoms with Gasteiger partial charge >= 0.3 is 0 Å². The van der Waals surface area contributed by atoms with Crippen LogP contribution in [0.15, 0.2) is 24.3 Å². The molecular formula is C17H26N2O. The van der Waals surface area contributed by atoms with Gasteiger partial charge in [0.1, 0.15) is 0 Å². The molecule has 1 aliphatic carbocycles. The van der Waals surface area contributed by atoms with Crippen molar-refractivity contribution in [3.63, 3.8) is 0 Å². The van der Waals surface area contributed by atoms with Gasteiger partial charge in [-0.3, -0.25) is 4.79 Å². The van der Waals surface area contributed by atoms with Gasteiger partial charge in [-0.25, -0.2) is 0 Å². The normalized spacial score (nSPS) is 22.4. The third kappa shape index (κ3) is 4.26. The number of amides is 1. The van der Waals surface area contributed by atoms with Crippen molar-refractivity contribution in [2.24, 2.45) is 11.8 Å². The lowest BCUT2D eigenvalue weighted by molar-refractivity contribution is -0.121. The van der Waals surface area contributed by atoms with Crippen molar-refractivity contribution in [1.29, 1.82) is 0 Å². The average molecular weight is 274 g/mol. The lowest BCUT2D eigenvalue weighted by atomic mass is 9.79. The zero-order chi connectivity index (χ0) is 14.4. The van der Waals surface area contributed by atoms with Gasteiger partial charge in [0.15, 0.2) is 0 Å². The summed E-state index contributed by atoms with van der Waals surface area (Å²) in [5.74, 6) is 1.17. The third-order valence-electron chi connectivity index (χ3n) is 4.34. The summed E-state index contributed by atoms with van der Waals surface area (Å²) in [7, 11) is 0. The largest absolute Gasteiger partial charge is 0.399 e. The predicted octanol–water partition coefficient (Wildman–Crippen LogP) is 4.20. The maximum absolute atomic E-state index is 12.2. The van der Waals surface area contributed by atoms with E-state index in [0.717, 1.165) is 24.4 Å². The highest BCUT2D eigenvalue weighted by atomic mass is 16.1. The Morgan fingerprint density at radius 1 is 1.30 bits per heavy atom. The van der Waals surface area contributed by atoms with Crippen molar-refractivity contribution in [2.45, 2.75) is 51.9 Å². The zero-order valence-corrected chi connectivity index (χ0v) is 12.4. The van der Waals surface area contributed by atoms with Crippen LogP contribution in [0.4, 0.5) is 11.4 Å². The van der Waals surface area contributed by atoms with E-state index in [1.165, 1.54) is 32.1 Å². The molecule has 1 aliphatic rings. The molecule has 0 aliphatic heterocycles. The first-order chi connectivity index (χ1) is 9.69.